The van der Waals surface area contributed by atoms with Crippen molar-refractivity contribution >= 4 is 17.3 Å². The molecule has 2 rings (SSSR count). The molecule has 0 spiro atoms. The molecule has 0 aliphatic heterocycles. The Bertz CT molecular complexity index is 404. The highest BCUT2D eigenvalue weighted by Crippen LogP contribution is 2.29. The second-order valence-corrected chi connectivity index (χ2v) is 6.09. The van der Waals surface area contributed by atoms with E-state index in [0.29, 0.717) is 12.0 Å². The highest BCUT2D eigenvalue weighted by atomic mass is 32.1. The standard InChI is InChI=1S/C16H24N2S/c1-12-7-6-10-15(13(12)2)18-16(19)17-11-14-8-4-3-5-9-14/h3-5,8-9,12-13,15H,6-7,10-11H2,1-2H3,(H2,17,18,19)/t12-,13+,15-/m0/s1. The van der Waals surface area contributed by atoms with Gasteiger partial charge in [0.1, 0.15) is 0 Å². The Morgan fingerprint density at radius 3 is 2.68 bits per heavy atom. The lowest BCUT2D eigenvalue weighted by molar-refractivity contribution is 0.224. The van der Waals surface area contributed by atoms with Crippen molar-refractivity contribution in [3.8, 4) is 0 Å². The normalized spacial score (nSPS) is 26.7. The molecule has 2 N–H and O–H groups in total. The van der Waals surface area contributed by atoms with Crippen LogP contribution in [0.1, 0.15) is 38.7 Å². The van der Waals surface area contributed by atoms with Crippen LogP contribution in [0.15, 0.2) is 30.3 Å². The molecule has 0 saturated heterocycles. The molecule has 1 aliphatic rings. The molecule has 3 heteroatoms. The van der Waals surface area contributed by atoms with Crippen molar-refractivity contribution in [1.82, 2.24) is 10.6 Å². The van der Waals surface area contributed by atoms with Gasteiger partial charge in [0.2, 0.25) is 0 Å². The van der Waals surface area contributed by atoms with Crippen molar-refractivity contribution in [1.29, 1.82) is 0 Å². The lowest BCUT2D eigenvalue weighted by Crippen LogP contribution is -2.47. The van der Waals surface area contributed by atoms with Gasteiger partial charge in [0.25, 0.3) is 0 Å². The highest BCUT2D eigenvalue weighted by molar-refractivity contribution is 7.80. The summed E-state index contributed by atoms with van der Waals surface area (Å²) in [4.78, 5) is 0. The Labute approximate surface area is 122 Å². The van der Waals surface area contributed by atoms with Crippen molar-refractivity contribution in [2.24, 2.45) is 11.8 Å². The second-order valence-electron chi connectivity index (χ2n) is 5.69. The first-order chi connectivity index (χ1) is 9.16. The van der Waals surface area contributed by atoms with Crippen LogP contribution in [0.2, 0.25) is 0 Å². The van der Waals surface area contributed by atoms with Crippen LogP contribution in [-0.2, 0) is 6.54 Å². The van der Waals surface area contributed by atoms with Gasteiger partial charge in [-0.2, -0.15) is 0 Å². The fraction of sp³-hybridized carbons (Fsp3) is 0.562. The Hall–Kier alpha value is -1.09. The van der Waals surface area contributed by atoms with Gasteiger partial charge in [-0.1, -0.05) is 57.0 Å². The van der Waals surface area contributed by atoms with Crippen molar-refractivity contribution in [3.05, 3.63) is 35.9 Å². The Morgan fingerprint density at radius 2 is 1.95 bits per heavy atom. The van der Waals surface area contributed by atoms with Crippen molar-refractivity contribution in [2.45, 2.75) is 45.7 Å². The fourth-order valence-corrected chi connectivity index (χ4v) is 3.01. The van der Waals surface area contributed by atoms with Gasteiger partial charge in [0.05, 0.1) is 0 Å². The van der Waals surface area contributed by atoms with Gasteiger partial charge < -0.3 is 10.6 Å². The molecule has 1 saturated carbocycles. The average Bonchev–Trinajstić information content (AvgIpc) is 2.43. The van der Waals surface area contributed by atoms with Gasteiger partial charge >= 0.3 is 0 Å². The zero-order chi connectivity index (χ0) is 13.7. The molecule has 0 radical (unpaired) electrons. The van der Waals surface area contributed by atoms with E-state index in [0.717, 1.165) is 17.6 Å². The van der Waals surface area contributed by atoms with Crippen LogP contribution in [0.25, 0.3) is 0 Å². The smallest absolute Gasteiger partial charge is 0.166 e. The van der Waals surface area contributed by atoms with Crippen LogP contribution in [0.5, 0.6) is 0 Å². The Kier molecular flexibility index (Phi) is 5.20. The van der Waals surface area contributed by atoms with E-state index < -0.39 is 0 Å². The summed E-state index contributed by atoms with van der Waals surface area (Å²) in [6.45, 7) is 5.48. The number of nitrogens with one attached hydrogen (secondary N) is 2. The molecule has 1 aliphatic carbocycles. The number of thiocarbonyl (C=S) groups is 1. The fourth-order valence-electron chi connectivity index (χ4n) is 2.78. The number of benzene rings is 1. The van der Waals surface area contributed by atoms with E-state index in [-0.39, 0.29) is 0 Å². The molecular formula is C16H24N2S. The maximum Gasteiger partial charge on any atom is 0.166 e. The molecule has 104 valence electrons. The third-order valence-electron chi connectivity index (χ3n) is 4.32. The van der Waals surface area contributed by atoms with E-state index in [1.54, 1.807) is 0 Å². The summed E-state index contributed by atoms with van der Waals surface area (Å²) in [5.41, 5.74) is 1.26. The van der Waals surface area contributed by atoms with E-state index in [1.165, 1.54) is 24.8 Å². The summed E-state index contributed by atoms with van der Waals surface area (Å²) in [5, 5.41) is 7.58. The minimum atomic E-state index is 0.527. The van der Waals surface area contributed by atoms with Crippen molar-refractivity contribution in [3.63, 3.8) is 0 Å². The topological polar surface area (TPSA) is 24.1 Å². The third kappa shape index (κ3) is 4.20. The summed E-state index contributed by atoms with van der Waals surface area (Å²) >= 11 is 5.40. The van der Waals surface area contributed by atoms with Crippen molar-refractivity contribution in [2.75, 3.05) is 0 Å². The van der Waals surface area contributed by atoms with Crippen LogP contribution in [-0.4, -0.2) is 11.2 Å². The monoisotopic (exact) mass is 276 g/mol. The molecule has 3 atom stereocenters. The maximum absolute atomic E-state index is 5.40. The molecule has 1 aromatic carbocycles. The molecule has 2 nitrogen and oxygen atoms in total. The van der Waals surface area contributed by atoms with Crippen LogP contribution in [0.4, 0.5) is 0 Å². The van der Waals surface area contributed by atoms with Gasteiger partial charge in [-0.15, -0.1) is 0 Å². The van der Waals surface area contributed by atoms with Crippen molar-refractivity contribution < 1.29 is 0 Å². The minimum Gasteiger partial charge on any atom is -0.360 e. The van der Waals surface area contributed by atoms with Gasteiger partial charge in [-0.3, -0.25) is 0 Å². The van der Waals surface area contributed by atoms with Crippen LogP contribution in [0.3, 0.4) is 0 Å². The van der Waals surface area contributed by atoms with Gasteiger partial charge in [0, 0.05) is 12.6 Å². The molecule has 1 aromatic rings. The van der Waals surface area contributed by atoms with Gasteiger partial charge in [0.15, 0.2) is 5.11 Å². The summed E-state index contributed by atoms with van der Waals surface area (Å²) in [6.07, 6.45) is 3.90. The lowest BCUT2D eigenvalue weighted by atomic mass is 9.78. The molecule has 1 fully saturated rings. The molecular weight excluding hydrogens is 252 g/mol. The molecule has 0 amide bonds. The van der Waals surface area contributed by atoms with E-state index in [1.807, 2.05) is 6.07 Å². The summed E-state index contributed by atoms with van der Waals surface area (Å²) in [5.74, 6) is 1.49. The molecule has 0 aromatic heterocycles. The maximum atomic E-state index is 5.40. The first-order valence-corrected chi connectivity index (χ1v) is 7.66. The average molecular weight is 276 g/mol. The third-order valence-corrected chi connectivity index (χ3v) is 4.58. The molecule has 0 bridgehead atoms. The van der Waals surface area contributed by atoms with E-state index in [9.17, 15) is 0 Å². The Morgan fingerprint density at radius 1 is 1.21 bits per heavy atom. The summed E-state index contributed by atoms with van der Waals surface area (Å²) in [7, 11) is 0. The predicted molar refractivity (Wildman–Crippen MR) is 85.0 cm³/mol. The Balaban J connectivity index is 1.78. The van der Waals surface area contributed by atoms with Crippen LogP contribution < -0.4 is 10.6 Å². The lowest BCUT2D eigenvalue weighted by Gasteiger charge is -2.35. The first kappa shape index (κ1) is 14.3. The number of hydrogen-bond acceptors (Lipinski definition) is 1. The number of rotatable bonds is 3. The molecule has 19 heavy (non-hydrogen) atoms. The van der Waals surface area contributed by atoms with Crippen LogP contribution in [0, 0.1) is 11.8 Å². The van der Waals surface area contributed by atoms with Gasteiger partial charge in [-0.25, -0.2) is 0 Å². The quantitative estimate of drug-likeness (QED) is 0.827. The molecule has 0 unspecified atom stereocenters. The first-order valence-electron chi connectivity index (χ1n) is 7.25. The largest absolute Gasteiger partial charge is 0.360 e. The van der Waals surface area contributed by atoms with E-state index in [2.05, 4.69) is 48.7 Å². The summed E-state index contributed by atoms with van der Waals surface area (Å²) < 4.78 is 0. The summed E-state index contributed by atoms with van der Waals surface area (Å²) in [6, 6.07) is 10.9. The number of hydrogen-bond donors (Lipinski definition) is 2. The second kappa shape index (κ2) is 6.90. The van der Waals surface area contributed by atoms with E-state index >= 15 is 0 Å². The van der Waals surface area contributed by atoms with E-state index in [4.69, 9.17) is 12.2 Å². The predicted octanol–water partition coefficient (Wildman–Crippen LogP) is 3.48. The SMILES string of the molecule is C[C@H]1[C@@H](NC(=S)NCc2ccccc2)CCC[C@@H]1C. The molecule has 0 heterocycles. The minimum absolute atomic E-state index is 0.527. The zero-order valence-electron chi connectivity index (χ0n) is 11.9. The zero-order valence-corrected chi connectivity index (χ0v) is 12.7. The highest BCUT2D eigenvalue weighted by Gasteiger charge is 2.27. The van der Waals surface area contributed by atoms with Gasteiger partial charge in [-0.05, 0) is 36.0 Å². The van der Waals surface area contributed by atoms with Crippen LogP contribution >= 0.6 is 12.2 Å².